The van der Waals surface area contributed by atoms with Crippen LogP contribution in [0.3, 0.4) is 0 Å². The SMILES string of the molecule is NC(=O)c1c(Cl)cnc(C(F)F)c1I. The van der Waals surface area contributed by atoms with Gasteiger partial charge in [0, 0.05) is 6.20 Å². The van der Waals surface area contributed by atoms with Gasteiger partial charge in [-0.3, -0.25) is 9.78 Å². The molecule has 0 bridgehead atoms. The standard InChI is InChI=1S/C7H4ClF2IN2O/c8-2-1-13-5(6(9)10)4(11)3(2)7(12)14/h1,6H,(H2,12,14). The smallest absolute Gasteiger partial charge is 0.281 e. The summed E-state index contributed by atoms with van der Waals surface area (Å²) >= 11 is 7.16. The molecule has 0 saturated carbocycles. The molecular formula is C7H4ClF2IN2O. The van der Waals surface area contributed by atoms with Gasteiger partial charge in [0.25, 0.3) is 12.3 Å². The number of rotatable bonds is 2. The van der Waals surface area contributed by atoms with E-state index in [1.807, 2.05) is 0 Å². The Morgan fingerprint density at radius 1 is 1.64 bits per heavy atom. The van der Waals surface area contributed by atoms with Crippen LogP contribution in [0.5, 0.6) is 0 Å². The Balaban J connectivity index is 3.41. The number of pyridine rings is 1. The van der Waals surface area contributed by atoms with E-state index in [-0.39, 0.29) is 14.2 Å². The Hall–Kier alpha value is -0.500. The number of primary amides is 1. The molecule has 1 rings (SSSR count). The number of amides is 1. The number of carbonyl (C=O) groups is 1. The van der Waals surface area contributed by atoms with Gasteiger partial charge in [0.15, 0.2) is 0 Å². The van der Waals surface area contributed by atoms with Crippen LogP contribution in [-0.4, -0.2) is 10.9 Å². The minimum atomic E-state index is -2.75. The van der Waals surface area contributed by atoms with Crippen molar-refractivity contribution in [3.05, 3.63) is 26.0 Å². The number of hydrogen-bond donors (Lipinski definition) is 1. The lowest BCUT2D eigenvalue weighted by molar-refractivity contribution is 0.0998. The molecule has 3 nitrogen and oxygen atoms in total. The van der Waals surface area contributed by atoms with Crippen molar-refractivity contribution in [2.75, 3.05) is 0 Å². The van der Waals surface area contributed by atoms with Gasteiger partial charge in [-0.1, -0.05) is 11.6 Å². The number of hydrogen-bond acceptors (Lipinski definition) is 2. The molecule has 0 fully saturated rings. The molecule has 7 heteroatoms. The predicted molar refractivity (Wildman–Crippen MR) is 55.4 cm³/mol. The highest BCUT2D eigenvalue weighted by molar-refractivity contribution is 14.1. The topological polar surface area (TPSA) is 56.0 Å². The first kappa shape index (κ1) is 11.6. The molecule has 1 heterocycles. The van der Waals surface area contributed by atoms with Crippen molar-refractivity contribution in [1.29, 1.82) is 0 Å². The minimum absolute atomic E-state index is 0.00222. The second-order valence-electron chi connectivity index (χ2n) is 2.35. The number of nitrogens with two attached hydrogens (primary N) is 1. The van der Waals surface area contributed by atoms with E-state index in [1.54, 1.807) is 22.6 Å². The highest BCUT2D eigenvalue weighted by Gasteiger charge is 2.21. The fourth-order valence-electron chi connectivity index (χ4n) is 0.858. The van der Waals surface area contributed by atoms with Crippen molar-refractivity contribution in [2.45, 2.75) is 6.43 Å². The van der Waals surface area contributed by atoms with Crippen LogP contribution in [-0.2, 0) is 0 Å². The average molecular weight is 332 g/mol. The first-order valence-electron chi connectivity index (χ1n) is 3.37. The molecule has 0 radical (unpaired) electrons. The van der Waals surface area contributed by atoms with Gasteiger partial charge in [0.2, 0.25) is 0 Å². The molecule has 14 heavy (non-hydrogen) atoms. The molecular weight excluding hydrogens is 328 g/mol. The van der Waals surface area contributed by atoms with Crippen molar-refractivity contribution in [3.63, 3.8) is 0 Å². The molecule has 0 atom stereocenters. The van der Waals surface area contributed by atoms with Crippen LogP contribution in [0.25, 0.3) is 0 Å². The Labute approximate surface area is 96.8 Å². The van der Waals surface area contributed by atoms with Crippen molar-refractivity contribution >= 4 is 40.1 Å². The summed E-state index contributed by atoms with van der Waals surface area (Å²) in [7, 11) is 0. The molecule has 0 aliphatic heterocycles. The third-order valence-electron chi connectivity index (χ3n) is 1.45. The zero-order valence-electron chi connectivity index (χ0n) is 6.60. The third-order valence-corrected chi connectivity index (χ3v) is 2.83. The summed E-state index contributed by atoms with van der Waals surface area (Å²) in [6.45, 7) is 0. The largest absolute Gasteiger partial charge is 0.366 e. The zero-order chi connectivity index (χ0) is 10.9. The molecule has 1 aromatic heterocycles. The average Bonchev–Trinajstić information content (AvgIpc) is 2.02. The molecule has 0 aliphatic carbocycles. The Bertz CT molecular complexity index is 386. The van der Waals surface area contributed by atoms with E-state index in [0.717, 1.165) is 6.20 Å². The lowest BCUT2D eigenvalue weighted by Gasteiger charge is -2.07. The summed E-state index contributed by atoms with van der Waals surface area (Å²) < 4.78 is 24.7. The van der Waals surface area contributed by atoms with Crippen molar-refractivity contribution in [3.8, 4) is 0 Å². The Morgan fingerprint density at radius 2 is 2.21 bits per heavy atom. The van der Waals surface area contributed by atoms with E-state index in [1.165, 1.54) is 0 Å². The van der Waals surface area contributed by atoms with Gasteiger partial charge < -0.3 is 5.73 Å². The lowest BCUT2D eigenvalue weighted by Crippen LogP contribution is -2.15. The molecule has 1 amide bonds. The van der Waals surface area contributed by atoms with Crippen LogP contribution in [0.1, 0.15) is 22.5 Å². The zero-order valence-corrected chi connectivity index (χ0v) is 9.51. The second kappa shape index (κ2) is 4.35. The molecule has 0 spiro atoms. The monoisotopic (exact) mass is 332 g/mol. The number of carbonyl (C=O) groups excluding carboxylic acids is 1. The third kappa shape index (κ3) is 2.11. The van der Waals surface area contributed by atoms with Crippen LogP contribution in [0.4, 0.5) is 8.78 Å². The maximum Gasteiger partial charge on any atom is 0.281 e. The Morgan fingerprint density at radius 3 is 2.64 bits per heavy atom. The summed E-state index contributed by atoms with van der Waals surface area (Å²) in [4.78, 5) is 14.3. The predicted octanol–water partition coefficient (Wildman–Crippen LogP) is 2.38. The summed E-state index contributed by atoms with van der Waals surface area (Å²) in [5, 5.41) is -0.0219. The van der Waals surface area contributed by atoms with E-state index >= 15 is 0 Å². The fourth-order valence-corrected chi connectivity index (χ4v) is 2.19. The molecule has 2 N–H and O–H groups in total. The second-order valence-corrected chi connectivity index (χ2v) is 3.83. The maximum absolute atomic E-state index is 12.3. The van der Waals surface area contributed by atoms with Gasteiger partial charge in [-0.25, -0.2) is 8.78 Å². The minimum Gasteiger partial charge on any atom is -0.366 e. The maximum atomic E-state index is 12.3. The first-order chi connectivity index (χ1) is 6.45. The van der Waals surface area contributed by atoms with Crippen LogP contribution < -0.4 is 5.73 Å². The first-order valence-corrected chi connectivity index (χ1v) is 4.82. The van der Waals surface area contributed by atoms with E-state index in [9.17, 15) is 13.6 Å². The summed E-state index contributed by atoms with van der Waals surface area (Å²) in [6, 6.07) is 0. The highest BCUT2D eigenvalue weighted by atomic mass is 127. The van der Waals surface area contributed by atoms with Crippen LogP contribution in [0, 0.1) is 3.57 Å². The molecule has 1 aromatic rings. The van der Waals surface area contributed by atoms with Gasteiger partial charge in [-0.15, -0.1) is 0 Å². The van der Waals surface area contributed by atoms with Crippen molar-refractivity contribution in [1.82, 2.24) is 4.98 Å². The van der Waals surface area contributed by atoms with Crippen molar-refractivity contribution < 1.29 is 13.6 Å². The van der Waals surface area contributed by atoms with E-state index < -0.39 is 18.0 Å². The quantitative estimate of drug-likeness (QED) is 0.846. The normalized spacial score (nSPS) is 10.6. The van der Waals surface area contributed by atoms with Gasteiger partial charge in [-0.05, 0) is 22.6 Å². The highest BCUT2D eigenvalue weighted by Crippen LogP contribution is 2.28. The summed E-state index contributed by atoms with van der Waals surface area (Å²) in [5.74, 6) is -0.844. The Kier molecular flexibility index (Phi) is 3.59. The number of aromatic nitrogens is 1. The van der Waals surface area contributed by atoms with Gasteiger partial charge in [-0.2, -0.15) is 0 Å². The summed E-state index contributed by atoms with van der Waals surface area (Å²) in [5.41, 5.74) is 4.39. The van der Waals surface area contributed by atoms with E-state index in [4.69, 9.17) is 17.3 Å². The van der Waals surface area contributed by atoms with Crippen LogP contribution >= 0.6 is 34.2 Å². The molecule has 76 valence electrons. The van der Waals surface area contributed by atoms with Gasteiger partial charge in [0.05, 0.1) is 14.2 Å². The number of nitrogens with zero attached hydrogens (tertiary/aromatic N) is 1. The van der Waals surface area contributed by atoms with Crippen LogP contribution in [0.15, 0.2) is 6.20 Å². The van der Waals surface area contributed by atoms with E-state index in [2.05, 4.69) is 4.98 Å². The van der Waals surface area contributed by atoms with Gasteiger partial charge >= 0.3 is 0 Å². The fraction of sp³-hybridized carbons (Fsp3) is 0.143. The molecule has 0 unspecified atom stereocenters. The molecule has 0 aromatic carbocycles. The molecule has 0 aliphatic rings. The number of halogens is 4. The molecule has 0 saturated heterocycles. The summed E-state index contributed by atoms with van der Waals surface area (Å²) in [6.07, 6.45) is -1.76. The van der Waals surface area contributed by atoms with Crippen LogP contribution in [0.2, 0.25) is 5.02 Å². The number of alkyl halides is 2. The van der Waals surface area contributed by atoms with Crippen molar-refractivity contribution in [2.24, 2.45) is 5.73 Å². The van der Waals surface area contributed by atoms with E-state index in [0.29, 0.717) is 0 Å². The van der Waals surface area contributed by atoms with Gasteiger partial charge in [0.1, 0.15) is 5.69 Å². The lowest BCUT2D eigenvalue weighted by atomic mass is 10.2.